The fraction of sp³-hybridized carbons (Fsp3) is 0.495. The molecule has 0 aliphatic carbocycles. The molecule has 11 atom stereocenters. The van der Waals surface area contributed by atoms with Crippen molar-refractivity contribution < 1.29 is 72.3 Å². The predicted molar refractivity (Wildman–Crippen MR) is 520 cm³/mol. The van der Waals surface area contributed by atoms with Crippen molar-refractivity contribution in [2.45, 2.75) is 327 Å². The van der Waals surface area contributed by atoms with E-state index >= 15 is 0 Å². The molecule has 8 amide bonds. The average Bonchev–Trinajstić information content (AvgIpc) is 0.944. The van der Waals surface area contributed by atoms with Crippen LogP contribution in [0.15, 0.2) is 170 Å². The minimum Gasteiger partial charge on any atom is -0.481 e. The zero-order valence-corrected chi connectivity index (χ0v) is 80.9. The molecular formula is C101H157N13O15. The van der Waals surface area contributed by atoms with Gasteiger partial charge >= 0.3 is 42.2 Å². The summed E-state index contributed by atoms with van der Waals surface area (Å²) in [6.45, 7) is 44.2. The van der Waals surface area contributed by atoms with Crippen LogP contribution in [-0.4, -0.2) is 143 Å². The Morgan fingerprint density at radius 3 is 0.845 bits per heavy atom. The van der Waals surface area contributed by atoms with E-state index in [2.05, 4.69) is 188 Å². The number of amides is 8. The number of nitrogens with two attached hydrogens (primary N) is 5. The number of urea groups is 3. The molecule has 0 fully saturated rings. The standard InChI is InChI=1S/C16H26N2O.C15H19N3O7.C15H25N3O.C15H21NO4.C15H23NO2.2C10H15N.C5H13N/c1-5-6-13(3)17-16(19)18-14(4)11-15-9-7-12(2)8-10-15;16-10-3-1-9(2-4-10)7-12(25-8-19)18-15(24)17-11(14(22)23)5-6-13(20)21;1-4-5-11(2)17-15(19)18-12(3)10-13-6-8-14(16)9-7-13;1-11-5-7-12(8-6-11)9-13(19-10-17)16-14(18)20-15(2,3)4;1-11-6-8-13(9-7-11)10-12(2)16-14(17)18-15(3,4)5;2*1-8-3-5-10(6-4-8)7-9(2)11;1-3-4-5(2)6/h7-10,13-14H,5-6,11H2,1-4H3,(H2,17,18,19);1-4,8,11-12H,5-7,16H2,(H,20,21)(H,22,23)(H2,17,18,24);6-9,11-12H,4-5,10,16H2,1-3H3,(H2,17,18,19);5-8,10,13H,9H2,1-4H3,(H,16,18);6-9,12H,10H2,1-5H3,(H,16,17);2*3-6,9H,7,11H2,1-2H3;5H,3-4,6H2,1-2H3/t13-,14-;11-,12+;11-,12-;13-;12-;2*9-;5-/m10111111/s1. The highest BCUT2D eigenvalue weighted by Crippen LogP contribution is 2.16. The molecule has 28 nitrogen and oxygen atoms in total. The quantitative estimate of drug-likeness (QED) is 0.00750. The van der Waals surface area contributed by atoms with Gasteiger partial charge in [-0.05, 0) is 253 Å². The van der Waals surface area contributed by atoms with E-state index in [1.165, 1.54) is 56.5 Å². The van der Waals surface area contributed by atoms with Crippen molar-refractivity contribution in [3.05, 3.63) is 237 Å². The third kappa shape index (κ3) is 65.5. The lowest BCUT2D eigenvalue weighted by Gasteiger charge is -2.22. The van der Waals surface area contributed by atoms with Gasteiger partial charge in [0.1, 0.15) is 17.2 Å². The molecule has 716 valence electrons. The Balaban J connectivity index is 0.00000148. The van der Waals surface area contributed by atoms with Gasteiger partial charge in [-0.2, -0.15) is 0 Å². The first-order valence-electron chi connectivity index (χ1n) is 44.6. The van der Waals surface area contributed by atoms with Crippen LogP contribution < -0.4 is 71.2 Å². The Labute approximate surface area is 769 Å². The molecule has 0 unspecified atom stereocenters. The van der Waals surface area contributed by atoms with Gasteiger partial charge in [0.05, 0.1) is 0 Å². The maximum Gasteiger partial charge on any atom is 0.410 e. The molecule has 28 heteroatoms. The lowest BCUT2D eigenvalue weighted by atomic mass is 10.1. The third-order valence-electron chi connectivity index (χ3n) is 18.3. The van der Waals surface area contributed by atoms with E-state index in [9.17, 15) is 43.2 Å². The molecule has 0 radical (unpaired) electrons. The van der Waals surface area contributed by atoms with Gasteiger partial charge in [-0.1, -0.05) is 213 Å². The van der Waals surface area contributed by atoms with E-state index < -0.39 is 60.2 Å². The normalized spacial score (nSPS) is 13.1. The summed E-state index contributed by atoms with van der Waals surface area (Å²) in [5, 5.41) is 39.2. The monoisotopic (exact) mass is 1790 g/mol. The van der Waals surface area contributed by atoms with Gasteiger partial charge in [0.15, 0.2) is 12.5 Å². The summed E-state index contributed by atoms with van der Waals surface area (Å²) < 4.78 is 20.0. The van der Waals surface area contributed by atoms with Crippen LogP contribution in [0.25, 0.3) is 0 Å². The van der Waals surface area contributed by atoms with Crippen LogP contribution in [0.4, 0.5) is 35.3 Å². The van der Waals surface area contributed by atoms with Gasteiger partial charge in [-0.25, -0.2) is 28.8 Å². The number of hydrogen-bond acceptors (Lipinski definition) is 18. The van der Waals surface area contributed by atoms with Gasteiger partial charge in [-0.15, -0.1) is 0 Å². The van der Waals surface area contributed by atoms with Gasteiger partial charge in [0.2, 0.25) is 0 Å². The molecule has 7 aromatic carbocycles. The molecule has 0 aliphatic rings. The highest BCUT2D eigenvalue weighted by Gasteiger charge is 2.25. The molecule has 0 heterocycles. The molecule has 20 N–H and O–H groups in total. The van der Waals surface area contributed by atoms with Crippen molar-refractivity contribution in [3.63, 3.8) is 0 Å². The van der Waals surface area contributed by atoms with E-state index in [4.69, 9.17) is 57.8 Å². The smallest absolute Gasteiger partial charge is 0.410 e. The van der Waals surface area contributed by atoms with Gasteiger partial charge in [0, 0.05) is 79.0 Å². The number of alkyl carbamates (subject to hydrolysis) is 2. The predicted octanol–water partition coefficient (Wildman–Crippen LogP) is 16.9. The van der Waals surface area contributed by atoms with Crippen molar-refractivity contribution >= 4 is 66.5 Å². The van der Waals surface area contributed by atoms with Crippen LogP contribution in [0.2, 0.25) is 0 Å². The van der Waals surface area contributed by atoms with E-state index in [0.717, 1.165) is 86.6 Å². The van der Waals surface area contributed by atoms with Crippen LogP contribution in [0.1, 0.15) is 236 Å². The van der Waals surface area contributed by atoms with Gasteiger partial charge in [0.25, 0.3) is 12.9 Å². The molecule has 0 bridgehead atoms. The Kier molecular flexibility index (Phi) is 59.8. The molecular weight excluding hydrogens is 1640 g/mol. The van der Waals surface area contributed by atoms with E-state index in [1.54, 1.807) is 45.0 Å². The number of aryl methyl sites for hydroxylation is 5. The molecule has 0 saturated carbocycles. The second kappa shape index (κ2) is 65.7. The summed E-state index contributed by atoms with van der Waals surface area (Å²) in [7, 11) is 0. The number of carbonyl (C=O) groups excluding carboxylic acids is 7. The number of aliphatic carboxylic acids is 2. The van der Waals surface area contributed by atoms with Crippen LogP contribution in [-0.2, 0) is 83.1 Å². The van der Waals surface area contributed by atoms with Crippen LogP contribution >= 0.6 is 0 Å². The molecule has 0 saturated heterocycles. The number of nitrogen functional groups attached to an aromatic ring is 2. The lowest BCUT2D eigenvalue weighted by Crippen LogP contribution is -2.50. The van der Waals surface area contributed by atoms with Crippen molar-refractivity contribution in [3.8, 4) is 0 Å². The first-order valence-corrected chi connectivity index (χ1v) is 44.6. The summed E-state index contributed by atoms with van der Waals surface area (Å²) in [5.41, 5.74) is 42.4. The summed E-state index contributed by atoms with van der Waals surface area (Å²) in [6, 6.07) is 55.2. The highest BCUT2D eigenvalue weighted by atomic mass is 16.6. The number of carboxylic acid groups (broad SMARTS) is 2. The van der Waals surface area contributed by atoms with Crippen molar-refractivity contribution in [1.29, 1.82) is 0 Å². The molecule has 0 aromatic heterocycles. The first kappa shape index (κ1) is 117. The van der Waals surface area contributed by atoms with Crippen molar-refractivity contribution in [1.82, 2.24) is 42.5 Å². The van der Waals surface area contributed by atoms with Crippen molar-refractivity contribution in [2.75, 3.05) is 11.5 Å². The maximum atomic E-state index is 11.9. The molecule has 7 rings (SSSR count). The Bertz CT molecular complexity index is 4110. The maximum absolute atomic E-state index is 11.9. The number of benzene rings is 7. The third-order valence-corrected chi connectivity index (χ3v) is 18.3. The average molecular weight is 1790 g/mol. The molecule has 129 heavy (non-hydrogen) atoms. The molecule has 0 spiro atoms. The van der Waals surface area contributed by atoms with Crippen LogP contribution in [0, 0.1) is 34.6 Å². The molecule has 0 aliphatic heterocycles. The van der Waals surface area contributed by atoms with E-state index in [0.29, 0.717) is 24.6 Å². The van der Waals surface area contributed by atoms with E-state index in [-0.39, 0.29) is 79.8 Å². The lowest BCUT2D eigenvalue weighted by molar-refractivity contribution is -0.141. The number of hydrogen-bond donors (Lipinski definition) is 15. The van der Waals surface area contributed by atoms with Crippen LogP contribution in [0.5, 0.6) is 0 Å². The second-order valence-corrected chi connectivity index (χ2v) is 35.1. The zero-order chi connectivity index (χ0) is 97.8. The Morgan fingerprint density at radius 2 is 0.589 bits per heavy atom. The fourth-order valence-corrected chi connectivity index (χ4v) is 12.0. The zero-order valence-electron chi connectivity index (χ0n) is 80.9. The molecule has 7 aromatic rings. The minimum atomic E-state index is -1.38. The number of ether oxygens (including phenoxy) is 4. The Hall–Kier alpha value is -11.8. The summed E-state index contributed by atoms with van der Waals surface area (Å²) in [6.07, 6.45) is 8.01. The number of carbonyl (C=O) groups is 9. The second-order valence-electron chi connectivity index (χ2n) is 35.1. The summed E-state index contributed by atoms with van der Waals surface area (Å²) >= 11 is 0. The largest absolute Gasteiger partial charge is 0.481 e. The summed E-state index contributed by atoms with van der Waals surface area (Å²) in [4.78, 5) is 101. The van der Waals surface area contributed by atoms with Crippen LogP contribution in [0.3, 0.4) is 0 Å². The highest BCUT2D eigenvalue weighted by molar-refractivity contribution is 5.83. The summed E-state index contributed by atoms with van der Waals surface area (Å²) in [5.74, 6) is -2.55. The topological polar surface area (TPSA) is 457 Å². The minimum absolute atomic E-state index is 0.0579. The Morgan fingerprint density at radius 1 is 0.333 bits per heavy atom. The number of rotatable bonds is 36. The van der Waals surface area contributed by atoms with Gasteiger partial charge in [-0.3, -0.25) is 19.7 Å². The number of anilines is 2. The van der Waals surface area contributed by atoms with Crippen molar-refractivity contribution in [2.24, 2.45) is 17.2 Å². The number of carboxylic acids is 2. The fourth-order valence-electron chi connectivity index (χ4n) is 12.0. The first-order chi connectivity index (χ1) is 60.5. The number of nitrogens with one attached hydrogen (secondary N) is 8. The SMILES string of the molecule is CCC[C@@H](C)N.CCC[C@@H](C)NC(=O)N[C@H](C)Cc1ccc(C)cc1.CCC[C@@H](C)NC(=O)N[C@H](C)Cc1ccc(N)cc1.Cc1ccc(C[C@@H](C)N)cc1.Cc1ccc(C[C@@H](C)N)cc1.Cc1ccc(C[C@@H](C)NC(=O)OC(C)(C)C)cc1.Cc1ccc(C[C@H](NC(=O)OC(C)(C)C)OC=O)cc1.Nc1ccc(C[C@H](NC(=O)N[C@@H](CCC(=O)O)C(=O)O)OC=O)cc1. The van der Waals surface area contributed by atoms with Gasteiger partial charge < -0.3 is 95.0 Å². The van der Waals surface area contributed by atoms with E-state index in [1.807, 2.05) is 132 Å².